The number of rotatable bonds is 4. The van der Waals surface area contributed by atoms with Gasteiger partial charge in [0.2, 0.25) is 5.82 Å². The van der Waals surface area contributed by atoms with E-state index in [1.165, 1.54) is 6.07 Å². The van der Waals surface area contributed by atoms with Crippen molar-refractivity contribution in [2.75, 3.05) is 5.32 Å². The molecular weight excluding hydrogens is 247 g/mol. The van der Waals surface area contributed by atoms with Gasteiger partial charge in [-0.1, -0.05) is 30.3 Å². The SMILES string of the molecule is CC(Nc1ccc([N+](=O)[O-])c(F)c1)c1ccccc1. The quantitative estimate of drug-likeness (QED) is 0.669. The zero-order valence-electron chi connectivity index (χ0n) is 10.3. The molecule has 0 spiro atoms. The minimum atomic E-state index is -0.838. The van der Waals surface area contributed by atoms with Crippen molar-refractivity contribution in [3.05, 3.63) is 70.0 Å². The normalized spacial score (nSPS) is 11.9. The molecule has 0 aliphatic carbocycles. The summed E-state index contributed by atoms with van der Waals surface area (Å²) >= 11 is 0. The Morgan fingerprint density at radius 1 is 1.21 bits per heavy atom. The number of nitrogens with one attached hydrogen (secondary N) is 1. The third kappa shape index (κ3) is 3.07. The lowest BCUT2D eigenvalue weighted by atomic mass is 10.1. The van der Waals surface area contributed by atoms with Gasteiger partial charge in [-0.15, -0.1) is 0 Å². The predicted molar refractivity (Wildman–Crippen MR) is 71.5 cm³/mol. The monoisotopic (exact) mass is 260 g/mol. The minimum Gasteiger partial charge on any atom is -0.378 e. The van der Waals surface area contributed by atoms with Gasteiger partial charge in [0.15, 0.2) is 0 Å². The molecule has 19 heavy (non-hydrogen) atoms. The van der Waals surface area contributed by atoms with Crippen LogP contribution >= 0.6 is 0 Å². The highest BCUT2D eigenvalue weighted by Gasteiger charge is 2.14. The van der Waals surface area contributed by atoms with Crippen molar-refractivity contribution >= 4 is 11.4 Å². The van der Waals surface area contributed by atoms with E-state index >= 15 is 0 Å². The third-order valence-electron chi connectivity index (χ3n) is 2.83. The Hall–Kier alpha value is -2.43. The van der Waals surface area contributed by atoms with Crippen LogP contribution in [0.1, 0.15) is 18.5 Å². The molecule has 0 radical (unpaired) electrons. The number of halogens is 1. The van der Waals surface area contributed by atoms with Gasteiger partial charge < -0.3 is 5.32 Å². The van der Waals surface area contributed by atoms with Gasteiger partial charge in [0.1, 0.15) is 0 Å². The van der Waals surface area contributed by atoms with Gasteiger partial charge in [-0.25, -0.2) is 0 Å². The summed E-state index contributed by atoms with van der Waals surface area (Å²) in [5.41, 5.74) is 1.05. The number of hydrogen-bond donors (Lipinski definition) is 1. The maximum Gasteiger partial charge on any atom is 0.304 e. The minimum absolute atomic E-state index is 0.0120. The summed E-state index contributed by atoms with van der Waals surface area (Å²) in [6, 6.07) is 13.5. The summed E-state index contributed by atoms with van der Waals surface area (Å²) in [4.78, 5) is 9.79. The zero-order valence-corrected chi connectivity index (χ0v) is 10.3. The van der Waals surface area contributed by atoms with E-state index < -0.39 is 16.4 Å². The summed E-state index contributed by atoms with van der Waals surface area (Å²) < 4.78 is 13.5. The number of hydrogen-bond acceptors (Lipinski definition) is 3. The van der Waals surface area contributed by atoms with Crippen molar-refractivity contribution in [1.29, 1.82) is 0 Å². The van der Waals surface area contributed by atoms with Crippen molar-refractivity contribution < 1.29 is 9.31 Å². The van der Waals surface area contributed by atoms with Crippen LogP contribution in [0.2, 0.25) is 0 Å². The van der Waals surface area contributed by atoms with Gasteiger partial charge in [-0.2, -0.15) is 4.39 Å². The van der Waals surface area contributed by atoms with E-state index in [0.717, 1.165) is 17.7 Å². The number of nitro benzene ring substituents is 1. The maximum absolute atomic E-state index is 13.5. The molecule has 0 fully saturated rings. The van der Waals surface area contributed by atoms with Crippen LogP contribution in [0.25, 0.3) is 0 Å². The highest BCUT2D eigenvalue weighted by molar-refractivity contribution is 5.50. The van der Waals surface area contributed by atoms with Crippen LogP contribution in [0.4, 0.5) is 15.8 Å². The fourth-order valence-corrected chi connectivity index (χ4v) is 1.82. The molecule has 98 valence electrons. The van der Waals surface area contributed by atoms with Gasteiger partial charge in [-0.3, -0.25) is 10.1 Å². The Balaban J connectivity index is 2.16. The molecule has 1 N–H and O–H groups in total. The van der Waals surface area contributed by atoms with Crippen molar-refractivity contribution in [3.63, 3.8) is 0 Å². The van der Waals surface area contributed by atoms with Gasteiger partial charge >= 0.3 is 5.69 Å². The first-order chi connectivity index (χ1) is 9.08. The average Bonchev–Trinajstić information content (AvgIpc) is 2.39. The van der Waals surface area contributed by atoms with Crippen molar-refractivity contribution in [2.24, 2.45) is 0 Å². The second-order valence-corrected chi connectivity index (χ2v) is 4.20. The molecule has 2 aromatic carbocycles. The third-order valence-corrected chi connectivity index (χ3v) is 2.83. The molecule has 0 aromatic heterocycles. The Morgan fingerprint density at radius 2 is 1.89 bits per heavy atom. The van der Waals surface area contributed by atoms with Crippen LogP contribution in [-0.4, -0.2) is 4.92 Å². The molecule has 2 rings (SSSR count). The van der Waals surface area contributed by atoms with Gasteiger partial charge in [0.25, 0.3) is 0 Å². The second-order valence-electron chi connectivity index (χ2n) is 4.20. The van der Waals surface area contributed by atoms with E-state index in [1.54, 1.807) is 0 Å². The van der Waals surface area contributed by atoms with Crippen LogP contribution in [-0.2, 0) is 0 Å². The molecule has 0 heterocycles. The second kappa shape index (κ2) is 5.48. The molecule has 0 bridgehead atoms. The maximum atomic E-state index is 13.5. The fourth-order valence-electron chi connectivity index (χ4n) is 1.82. The molecule has 1 unspecified atom stereocenters. The fraction of sp³-hybridized carbons (Fsp3) is 0.143. The standard InChI is InChI=1S/C14H13FN2O2/c1-10(11-5-3-2-4-6-11)16-12-7-8-14(17(18)19)13(15)9-12/h2-10,16H,1H3. The average molecular weight is 260 g/mol. The van der Waals surface area contributed by atoms with E-state index in [9.17, 15) is 14.5 Å². The highest BCUT2D eigenvalue weighted by atomic mass is 19.1. The Morgan fingerprint density at radius 3 is 2.47 bits per heavy atom. The molecular formula is C14H13FN2O2. The van der Waals surface area contributed by atoms with E-state index in [0.29, 0.717) is 5.69 Å². The summed E-state index contributed by atoms with van der Waals surface area (Å²) in [5, 5.41) is 13.6. The van der Waals surface area contributed by atoms with Gasteiger partial charge in [0.05, 0.1) is 4.92 Å². The molecule has 5 heteroatoms. The Bertz CT molecular complexity index is 587. The van der Waals surface area contributed by atoms with Crippen LogP contribution in [0.5, 0.6) is 0 Å². The van der Waals surface area contributed by atoms with Crippen LogP contribution < -0.4 is 5.32 Å². The first kappa shape index (κ1) is 13.0. The number of anilines is 1. The molecule has 1 atom stereocenters. The lowest BCUT2D eigenvalue weighted by molar-refractivity contribution is -0.387. The van der Waals surface area contributed by atoms with Crippen LogP contribution in [0, 0.1) is 15.9 Å². The zero-order chi connectivity index (χ0) is 13.8. The lowest BCUT2D eigenvalue weighted by Crippen LogP contribution is -2.06. The van der Waals surface area contributed by atoms with Crippen molar-refractivity contribution in [3.8, 4) is 0 Å². The molecule has 0 saturated heterocycles. The molecule has 0 saturated carbocycles. The number of nitro groups is 1. The van der Waals surface area contributed by atoms with Crippen LogP contribution in [0.3, 0.4) is 0 Å². The Labute approximate surface area is 110 Å². The summed E-state index contributed by atoms with van der Waals surface area (Å²) in [7, 11) is 0. The first-order valence-electron chi connectivity index (χ1n) is 5.83. The molecule has 2 aromatic rings. The smallest absolute Gasteiger partial charge is 0.304 e. The van der Waals surface area contributed by atoms with E-state index in [2.05, 4.69) is 5.32 Å². The van der Waals surface area contributed by atoms with E-state index in [1.807, 2.05) is 37.3 Å². The van der Waals surface area contributed by atoms with Gasteiger partial charge in [0, 0.05) is 23.9 Å². The number of benzene rings is 2. The highest BCUT2D eigenvalue weighted by Crippen LogP contribution is 2.24. The van der Waals surface area contributed by atoms with Crippen molar-refractivity contribution in [1.82, 2.24) is 0 Å². The topological polar surface area (TPSA) is 55.2 Å². The molecule has 0 aliphatic heterocycles. The lowest BCUT2D eigenvalue weighted by Gasteiger charge is -2.15. The predicted octanol–water partition coefficient (Wildman–Crippen LogP) is 3.91. The molecule has 0 amide bonds. The molecule has 0 aliphatic rings. The van der Waals surface area contributed by atoms with Crippen LogP contribution in [0.15, 0.2) is 48.5 Å². The molecule has 4 nitrogen and oxygen atoms in total. The van der Waals surface area contributed by atoms with E-state index in [-0.39, 0.29) is 6.04 Å². The summed E-state index contributed by atoms with van der Waals surface area (Å²) in [6.45, 7) is 1.94. The van der Waals surface area contributed by atoms with Crippen molar-refractivity contribution in [2.45, 2.75) is 13.0 Å². The number of nitrogens with zero attached hydrogens (tertiary/aromatic N) is 1. The summed E-state index contributed by atoms with van der Waals surface area (Å²) in [6.07, 6.45) is 0. The summed E-state index contributed by atoms with van der Waals surface area (Å²) in [5.74, 6) is -0.838. The van der Waals surface area contributed by atoms with E-state index in [4.69, 9.17) is 0 Å². The largest absolute Gasteiger partial charge is 0.378 e. The van der Waals surface area contributed by atoms with Gasteiger partial charge in [-0.05, 0) is 18.6 Å². The Kier molecular flexibility index (Phi) is 3.75. The first-order valence-corrected chi connectivity index (χ1v) is 5.83.